The van der Waals surface area contributed by atoms with E-state index < -0.39 is 0 Å². The number of nitrogens with zero attached hydrogens (tertiary/aromatic N) is 2. The van der Waals surface area contributed by atoms with Crippen LogP contribution in [0.1, 0.15) is 5.56 Å². The molecular weight excluding hydrogens is 338 g/mol. The molecule has 0 amide bonds. The summed E-state index contributed by atoms with van der Waals surface area (Å²) in [6.45, 7) is 2.06. The smallest absolute Gasteiger partial charge is 0.151 e. The molecule has 24 heavy (non-hydrogen) atoms. The van der Waals surface area contributed by atoms with Crippen molar-refractivity contribution in [3.8, 4) is 16.2 Å². The van der Waals surface area contributed by atoms with Gasteiger partial charge in [0, 0.05) is 22.2 Å². The van der Waals surface area contributed by atoms with E-state index in [1.807, 2.05) is 18.2 Å². The van der Waals surface area contributed by atoms with E-state index in [2.05, 4.69) is 45.1 Å². The first kappa shape index (κ1) is 15.1. The van der Waals surface area contributed by atoms with Crippen molar-refractivity contribution in [3.05, 3.63) is 53.0 Å². The van der Waals surface area contributed by atoms with Gasteiger partial charge < -0.3 is 10.1 Å². The SMILES string of the molecule is COc1ccc(C)c(Nc2ncnc3cc(-c4ccsc4)sc23)c1. The van der Waals surface area contributed by atoms with Crippen LogP contribution in [0.3, 0.4) is 0 Å². The Morgan fingerprint density at radius 2 is 2.04 bits per heavy atom. The van der Waals surface area contributed by atoms with Crippen molar-refractivity contribution >= 4 is 44.4 Å². The molecule has 3 aromatic heterocycles. The number of benzene rings is 1. The van der Waals surface area contributed by atoms with E-state index in [9.17, 15) is 0 Å². The van der Waals surface area contributed by atoms with Crippen LogP contribution >= 0.6 is 22.7 Å². The van der Waals surface area contributed by atoms with Gasteiger partial charge in [0.05, 0.1) is 17.3 Å². The fourth-order valence-electron chi connectivity index (χ4n) is 2.48. The molecule has 0 aliphatic heterocycles. The van der Waals surface area contributed by atoms with Crippen molar-refractivity contribution in [1.82, 2.24) is 9.97 Å². The molecule has 0 saturated carbocycles. The molecule has 0 atom stereocenters. The standard InChI is InChI=1S/C18H15N3OS2/c1-11-3-4-13(22-2)7-14(11)21-18-17-15(19-10-20-18)8-16(24-17)12-5-6-23-9-12/h3-10H,1-2H3,(H,19,20,21). The number of nitrogens with one attached hydrogen (secondary N) is 1. The Morgan fingerprint density at radius 3 is 2.83 bits per heavy atom. The molecule has 0 aliphatic carbocycles. The molecule has 3 heterocycles. The highest BCUT2D eigenvalue weighted by Crippen LogP contribution is 2.37. The second-order valence-electron chi connectivity index (χ2n) is 5.37. The third kappa shape index (κ3) is 2.74. The molecule has 0 unspecified atom stereocenters. The van der Waals surface area contributed by atoms with Gasteiger partial charge in [0.15, 0.2) is 5.82 Å². The van der Waals surface area contributed by atoms with Gasteiger partial charge >= 0.3 is 0 Å². The average molecular weight is 353 g/mol. The van der Waals surface area contributed by atoms with Crippen molar-refractivity contribution in [2.75, 3.05) is 12.4 Å². The van der Waals surface area contributed by atoms with Crippen molar-refractivity contribution in [2.24, 2.45) is 0 Å². The van der Waals surface area contributed by atoms with Gasteiger partial charge in [-0.1, -0.05) is 6.07 Å². The predicted octanol–water partition coefficient (Wildman–Crippen LogP) is 5.48. The third-order valence-corrected chi connectivity index (χ3v) is 5.68. The molecule has 1 aromatic carbocycles. The lowest BCUT2D eigenvalue weighted by Gasteiger charge is -2.10. The van der Waals surface area contributed by atoms with Gasteiger partial charge in [-0.15, -0.1) is 11.3 Å². The summed E-state index contributed by atoms with van der Waals surface area (Å²) in [5.41, 5.74) is 4.31. The van der Waals surface area contributed by atoms with Gasteiger partial charge in [0.2, 0.25) is 0 Å². The summed E-state index contributed by atoms with van der Waals surface area (Å²) in [7, 11) is 1.67. The Balaban J connectivity index is 1.77. The van der Waals surface area contributed by atoms with E-state index in [1.54, 1.807) is 36.1 Å². The number of aryl methyl sites for hydroxylation is 1. The minimum atomic E-state index is 0.818. The molecular formula is C18H15N3OS2. The second kappa shape index (κ2) is 6.22. The summed E-state index contributed by atoms with van der Waals surface area (Å²) in [5.74, 6) is 1.64. The highest BCUT2D eigenvalue weighted by Gasteiger charge is 2.12. The lowest BCUT2D eigenvalue weighted by Crippen LogP contribution is -1.97. The van der Waals surface area contributed by atoms with Crippen LogP contribution in [0.4, 0.5) is 11.5 Å². The molecule has 4 rings (SSSR count). The fourth-order valence-corrected chi connectivity index (χ4v) is 4.26. The summed E-state index contributed by atoms with van der Waals surface area (Å²) in [6, 6.07) is 10.2. The summed E-state index contributed by atoms with van der Waals surface area (Å²) >= 11 is 3.40. The van der Waals surface area contributed by atoms with E-state index in [-0.39, 0.29) is 0 Å². The Labute approximate surface area is 147 Å². The number of anilines is 2. The van der Waals surface area contributed by atoms with Crippen LogP contribution < -0.4 is 10.1 Å². The Bertz CT molecular complexity index is 993. The quantitative estimate of drug-likeness (QED) is 0.528. The third-order valence-electron chi connectivity index (χ3n) is 3.81. The Hall–Kier alpha value is -2.44. The molecule has 0 fully saturated rings. The zero-order valence-corrected chi connectivity index (χ0v) is 14.9. The summed E-state index contributed by atoms with van der Waals surface area (Å²) in [5, 5.41) is 7.67. The topological polar surface area (TPSA) is 47.0 Å². The van der Waals surface area contributed by atoms with Crippen LogP contribution in [0, 0.1) is 6.92 Å². The monoisotopic (exact) mass is 353 g/mol. The van der Waals surface area contributed by atoms with Crippen molar-refractivity contribution < 1.29 is 4.74 Å². The molecule has 1 N–H and O–H groups in total. The second-order valence-corrected chi connectivity index (χ2v) is 7.20. The maximum atomic E-state index is 5.32. The van der Waals surface area contributed by atoms with Crippen molar-refractivity contribution in [3.63, 3.8) is 0 Å². The van der Waals surface area contributed by atoms with Gasteiger partial charge in [-0.3, -0.25) is 0 Å². The molecule has 120 valence electrons. The van der Waals surface area contributed by atoms with Gasteiger partial charge in [-0.25, -0.2) is 9.97 Å². The number of methoxy groups -OCH3 is 1. The lowest BCUT2D eigenvalue weighted by molar-refractivity contribution is 0.415. The van der Waals surface area contributed by atoms with E-state index in [1.165, 1.54) is 10.4 Å². The maximum Gasteiger partial charge on any atom is 0.151 e. The number of hydrogen-bond acceptors (Lipinski definition) is 6. The highest BCUT2D eigenvalue weighted by molar-refractivity contribution is 7.23. The first-order chi connectivity index (χ1) is 11.7. The minimum Gasteiger partial charge on any atom is -0.497 e. The number of thiophene rings is 2. The fraction of sp³-hybridized carbons (Fsp3) is 0.111. The van der Waals surface area contributed by atoms with E-state index in [4.69, 9.17) is 4.74 Å². The molecule has 0 aliphatic rings. The van der Waals surface area contributed by atoms with Crippen LogP contribution in [-0.4, -0.2) is 17.1 Å². The molecule has 0 bridgehead atoms. The molecule has 4 nitrogen and oxygen atoms in total. The highest BCUT2D eigenvalue weighted by atomic mass is 32.1. The van der Waals surface area contributed by atoms with Gasteiger partial charge in [-0.05, 0) is 41.4 Å². The van der Waals surface area contributed by atoms with Crippen LogP contribution in [-0.2, 0) is 0 Å². The maximum absolute atomic E-state index is 5.32. The first-order valence-corrected chi connectivity index (χ1v) is 9.19. The lowest BCUT2D eigenvalue weighted by atomic mass is 10.2. The summed E-state index contributed by atoms with van der Waals surface area (Å²) in [6.07, 6.45) is 1.60. The van der Waals surface area contributed by atoms with Crippen molar-refractivity contribution in [1.29, 1.82) is 0 Å². The van der Waals surface area contributed by atoms with Crippen LogP contribution in [0.2, 0.25) is 0 Å². The Morgan fingerprint density at radius 1 is 1.12 bits per heavy atom. The first-order valence-electron chi connectivity index (χ1n) is 7.43. The Kier molecular flexibility index (Phi) is 3.92. The van der Waals surface area contributed by atoms with Gasteiger partial charge in [0.25, 0.3) is 0 Å². The van der Waals surface area contributed by atoms with Crippen molar-refractivity contribution in [2.45, 2.75) is 6.92 Å². The zero-order chi connectivity index (χ0) is 16.5. The molecule has 0 spiro atoms. The van der Waals surface area contributed by atoms with E-state index >= 15 is 0 Å². The summed E-state index contributed by atoms with van der Waals surface area (Å²) in [4.78, 5) is 10.1. The van der Waals surface area contributed by atoms with Crippen LogP contribution in [0.25, 0.3) is 20.7 Å². The zero-order valence-electron chi connectivity index (χ0n) is 13.2. The number of aromatic nitrogens is 2. The number of ether oxygens (including phenoxy) is 1. The van der Waals surface area contributed by atoms with Crippen LogP contribution in [0.15, 0.2) is 47.4 Å². The van der Waals surface area contributed by atoms with E-state index in [0.29, 0.717) is 0 Å². The number of rotatable bonds is 4. The number of fused-ring (bicyclic) bond motifs is 1. The predicted molar refractivity (Wildman–Crippen MR) is 102 cm³/mol. The molecule has 0 saturated heterocycles. The minimum absolute atomic E-state index is 0.818. The number of hydrogen-bond donors (Lipinski definition) is 1. The van der Waals surface area contributed by atoms with Gasteiger partial charge in [0.1, 0.15) is 12.1 Å². The normalized spacial score (nSPS) is 10.9. The van der Waals surface area contributed by atoms with E-state index in [0.717, 1.165) is 33.0 Å². The van der Waals surface area contributed by atoms with Crippen LogP contribution in [0.5, 0.6) is 5.75 Å². The molecule has 6 heteroatoms. The average Bonchev–Trinajstić information content (AvgIpc) is 3.26. The van der Waals surface area contributed by atoms with Gasteiger partial charge in [-0.2, -0.15) is 11.3 Å². The molecule has 0 radical (unpaired) electrons. The molecule has 4 aromatic rings. The largest absolute Gasteiger partial charge is 0.497 e. The summed E-state index contributed by atoms with van der Waals surface area (Å²) < 4.78 is 6.38.